The number of hydrogen-bond acceptors (Lipinski definition) is 3. The molecule has 0 aliphatic carbocycles. The molecule has 0 amide bonds. The number of fused-ring (bicyclic) bond motifs is 1. The molecule has 1 unspecified atom stereocenters. The number of halogens is 2. The number of allylic oxidation sites excluding steroid dienone is 1. The lowest BCUT2D eigenvalue weighted by molar-refractivity contribution is 0.108. The van der Waals surface area contributed by atoms with E-state index >= 15 is 0 Å². The molecule has 3 rings (SSSR count). The Kier molecular flexibility index (Phi) is 8.65. The first-order valence-electron chi connectivity index (χ1n) is 10.6. The quantitative estimate of drug-likeness (QED) is 0.226. The average molecular weight is 446 g/mol. The van der Waals surface area contributed by atoms with Gasteiger partial charge in [0, 0.05) is 29.6 Å². The molecule has 0 N–H and O–H groups in total. The van der Waals surface area contributed by atoms with Crippen LogP contribution < -0.4 is 9.64 Å². The first kappa shape index (κ1) is 22.7. The number of benzene rings is 2. The van der Waals surface area contributed by atoms with Crippen molar-refractivity contribution in [2.45, 2.75) is 38.5 Å². The molecule has 1 atom stereocenters. The minimum atomic E-state index is -0.438. The van der Waals surface area contributed by atoms with Crippen molar-refractivity contribution in [3.05, 3.63) is 71.3 Å². The van der Waals surface area contributed by atoms with Crippen LogP contribution in [0.5, 0.6) is 5.75 Å². The van der Waals surface area contributed by atoms with Crippen molar-refractivity contribution in [1.82, 2.24) is 0 Å². The lowest BCUT2D eigenvalue weighted by atomic mass is 9.99. The Bertz CT molecular complexity index is 868. The summed E-state index contributed by atoms with van der Waals surface area (Å²) in [5.74, 6) is 1.25. The Morgan fingerprint density at radius 1 is 1.20 bits per heavy atom. The predicted molar refractivity (Wildman–Crippen MR) is 126 cm³/mol. The van der Waals surface area contributed by atoms with E-state index in [9.17, 15) is 4.79 Å². The molecule has 0 fully saturated rings. The Hall–Kier alpha value is -1.97. The van der Waals surface area contributed by atoms with Crippen molar-refractivity contribution in [2.24, 2.45) is 5.92 Å². The van der Waals surface area contributed by atoms with Crippen molar-refractivity contribution in [2.75, 3.05) is 24.6 Å². The minimum Gasteiger partial charge on any atom is -0.491 e. The molecule has 0 bridgehead atoms. The third-order valence-electron chi connectivity index (χ3n) is 5.53. The van der Waals surface area contributed by atoms with Crippen LogP contribution >= 0.6 is 23.2 Å². The molecule has 0 saturated heterocycles. The number of aryl methyl sites for hydroxylation is 1. The van der Waals surface area contributed by atoms with Crippen LogP contribution in [-0.2, 0) is 6.42 Å². The van der Waals surface area contributed by atoms with Crippen LogP contribution in [-0.4, -0.2) is 24.9 Å². The average Bonchev–Trinajstić information content (AvgIpc) is 2.90. The minimum absolute atomic E-state index is 0.422. The van der Waals surface area contributed by atoms with Crippen LogP contribution in [0, 0.1) is 5.92 Å². The van der Waals surface area contributed by atoms with Crippen LogP contribution in [0.25, 0.3) is 0 Å². The second-order valence-electron chi connectivity index (χ2n) is 7.89. The lowest BCUT2D eigenvalue weighted by Crippen LogP contribution is -2.31. The Morgan fingerprint density at radius 3 is 2.83 bits per heavy atom. The smallest absolute Gasteiger partial charge is 0.252 e. The molecule has 5 heteroatoms. The molecule has 1 aliphatic rings. The van der Waals surface area contributed by atoms with E-state index in [1.165, 1.54) is 5.56 Å². The standard InChI is InChI=1S/C25H29Cl2NO2/c1-2-3-4-5-14-28-17-20(10-6-8-19-9-7-11-22(26)15-19)18-30-24-13-12-21(25(27)29)16-23(24)28/h2,7,9,11-13,15-16,20H,1,3-6,8,10,14,17-18H2. The highest BCUT2D eigenvalue weighted by Crippen LogP contribution is 2.34. The molecule has 0 spiro atoms. The third-order valence-corrected chi connectivity index (χ3v) is 5.99. The predicted octanol–water partition coefficient (Wildman–Crippen LogP) is 6.91. The van der Waals surface area contributed by atoms with E-state index in [0.717, 1.165) is 68.1 Å². The number of carbonyl (C=O) groups excluding carboxylic acids is 1. The van der Waals surface area contributed by atoms with Crippen molar-refractivity contribution in [3.63, 3.8) is 0 Å². The van der Waals surface area contributed by atoms with Gasteiger partial charge in [0.05, 0.1) is 12.3 Å². The van der Waals surface area contributed by atoms with Crippen LogP contribution in [0.15, 0.2) is 55.1 Å². The van der Waals surface area contributed by atoms with Gasteiger partial charge in [-0.2, -0.15) is 0 Å². The van der Waals surface area contributed by atoms with Gasteiger partial charge in [-0.3, -0.25) is 4.79 Å². The summed E-state index contributed by atoms with van der Waals surface area (Å²) in [6, 6.07) is 13.6. The Labute approximate surface area is 189 Å². The Balaban J connectivity index is 1.67. The first-order valence-corrected chi connectivity index (χ1v) is 11.4. The molecule has 30 heavy (non-hydrogen) atoms. The summed E-state index contributed by atoms with van der Waals surface area (Å²) in [5, 5.41) is 0.350. The highest BCUT2D eigenvalue weighted by Gasteiger charge is 2.23. The molecule has 1 aliphatic heterocycles. The van der Waals surface area contributed by atoms with E-state index < -0.39 is 5.24 Å². The number of ether oxygens (including phenoxy) is 1. The van der Waals surface area contributed by atoms with E-state index in [4.69, 9.17) is 27.9 Å². The summed E-state index contributed by atoms with van der Waals surface area (Å²) in [6.07, 6.45) is 8.31. The van der Waals surface area contributed by atoms with E-state index in [1.54, 1.807) is 6.07 Å². The van der Waals surface area contributed by atoms with Crippen molar-refractivity contribution < 1.29 is 9.53 Å². The molecule has 160 valence electrons. The summed E-state index contributed by atoms with van der Waals surface area (Å²) in [7, 11) is 0. The first-order chi connectivity index (χ1) is 14.6. The van der Waals surface area contributed by atoms with Gasteiger partial charge in [0.15, 0.2) is 0 Å². The van der Waals surface area contributed by atoms with Gasteiger partial charge in [-0.1, -0.05) is 29.8 Å². The molecular formula is C25H29Cl2NO2. The van der Waals surface area contributed by atoms with Gasteiger partial charge >= 0.3 is 0 Å². The van der Waals surface area contributed by atoms with Gasteiger partial charge in [-0.05, 0) is 86.0 Å². The molecule has 0 saturated carbocycles. The summed E-state index contributed by atoms with van der Waals surface area (Å²) in [6.45, 7) is 6.33. The zero-order valence-electron chi connectivity index (χ0n) is 17.3. The molecule has 3 nitrogen and oxygen atoms in total. The topological polar surface area (TPSA) is 29.5 Å². The number of nitrogens with zero attached hydrogens (tertiary/aromatic N) is 1. The summed E-state index contributed by atoms with van der Waals surface area (Å²) in [4.78, 5) is 14.0. The normalized spacial score (nSPS) is 15.8. The fourth-order valence-electron chi connectivity index (χ4n) is 3.94. The number of rotatable bonds is 10. The second-order valence-corrected chi connectivity index (χ2v) is 8.67. The molecule has 0 aromatic heterocycles. The second kappa shape index (κ2) is 11.4. The number of hydrogen-bond donors (Lipinski definition) is 0. The van der Waals surface area contributed by atoms with E-state index in [-0.39, 0.29) is 0 Å². The van der Waals surface area contributed by atoms with Gasteiger partial charge in [-0.25, -0.2) is 0 Å². The van der Waals surface area contributed by atoms with Gasteiger partial charge in [0.25, 0.3) is 5.24 Å². The van der Waals surface area contributed by atoms with Crippen LogP contribution in [0.4, 0.5) is 5.69 Å². The van der Waals surface area contributed by atoms with E-state index in [2.05, 4.69) is 17.5 Å². The fourth-order valence-corrected chi connectivity index (χ4v) is 4.27. The number of anilines is 1. The van der Waals surface area contributed by atoms with Crippen LogP contribution in [0.1, 0.15) is 48.0 Å². The lowest BCUT2D eigenvalue weighted by Gasteiger charge is -2.27. The maximum absolute atomic E-state index is 11.7. The van der Waals surface area contributed by atoms with Crippen molar-refractivity contribution in [3.8, 4) is 5.75 Å². The van der Waals surface area contributed by atoms with Gasteiger partial charge in [0.1, 0.15) is 5.75 Å². The largest absolute Gasteiger partial charge is 0.491 e. The van der Waals surface area contributed by atoms with Crippen LogP contribution in [0.3, 0.4) is 0 Å². The highest BCUT2D eigenvalue weighted by molar-refractivity contribution is 6.67. The van der Waals surface area contributed by atoms with Crippen molar-refractivity contribution in [1.29, 1.82) is 0 Å². The van der Waals surface area contributed by atoms with E-state index in [0.29, 0.717) is 18.1 Å². The molecule has 0 radical (unpaired) electrons. The fraction of sp³-hybridized carbons (Fsp3) is 0.400. The Morgan fingerprint density at radius 2 is 2.07 bits per heavy atom. The molecular weight excluding hydrogens is 417 g/mol. The maximum Gasteiger partial charge on any atom is 0.252 e. The monoisotopic (exact) mass is 445 g/mol. The molecule has 2 aromatic rings. The summed E-state index contributed by atoms with van der Waals surface area (Å²) < 4.78 is 6.14. The van der Waals surface area contributed by atoms with Gasteiger partial charge < -0.3 is 9.64 Å². The van der Waals surface area contributed by atoms with Crippen LogP contribution in [0.2, 0.25) is 5.02 Å². The number of unbranched alkanes of at least 4 members (excludes halogenated alkanes) is 2. The summed E-state index contributed by atoms with van der Waals surface area (Å²) in [5.41, 5.74) is 2.75. The SMILES string of the molecule is C=CCCCCN1CC(CCCc2cccc(Cl)c2)COc2ccc(C(=O)Cl)cc21. The zero-order valence-corrected chi connectivity index (χ0v) is 18.8. The highest BCUT2D eigenvalue weighted by atomic mass is 35.5. The van der Waals surface area contributed by atoms with E-state index in [1.807, 2.05) is 36.4 Å². The molecule has 2 aromatic carbocycles. The summed E-state index contributed by atoms with van der Waals surface area (Å²) >= 11 is 11.8. The third kappa shape index (κ3) is 6.52. The molecule has 1 heterocycles. The zero-order chi connectivity index (χ0) is 21.3. The van der Waals surface area contributed by atoms with Gasteiger partial charge in [0.2, 0.25) is 0 Å². The maximum atomic E-state index is 11.7. The van der Waals surface area contributed by atoms with Crippen molar-refractivity contribution >= 4 is 34.1 Å². The van der Waals surface area contributed by atoms with Gasteiger partial charge in [-0.15, -0.1) is 6.58 Å². The number of carbonyl (C=O) groups is 1.